The van der Waals surface area contributed by atoms with Gasteiger partial charge in [-0.05, 0) is 25.8 Å². The molecule has 0 aromatic heterocycles. The molecule has 118 valence electrons. The van der Waals surface area contributed by atoms with Crippen LogP contribution < -0.4 is 0 Å². The normalized spacial score (nSPS) is 14.0. The molecule has 0 N–H and O–H groups in total. The zero-order chi connectivity index (χ0) is 15.7. The van der Waals surface area contributed by atoms with Gasteiger partial charge in [0.1, 0.15) is 6.04 Å². The van der Waals surface area contributed by atoms with Crippen LogP contribution in [0.3, 0.4) is 0 Å². The third kappa shape index (κ3) is 5.14. The molecule has 0 spiro atoms. The molecule has 0 amide bonds. The summed E-state index contributed by atoms with van der Waals surface area (Å²) < 4.78 is 10.5. The Hall–Kier alpha value is -1.39. The molecule has 2 unspecified atom stereocenters. The molecule has 4 heteroatoms. The fourth-order valence-electron chi connectivity index (χ4n) is 2.35. The van der Waals surface area contributed by atoms with Gasteiger partial charge in [-0.2, -0.15) is 0 Å². The summed E-state index contributed by atoms with van der Waals surface area (Å²) in [7, 11) is 1.68. The number of rotatable bonds is 9. The first-order valence-corrected chi connectivity index (χ1v) is 7.61. The molecular weight excluding hydrogens is 266 g/mol. The summed E-state index contributed by atoms with van der Waals surface area (Å²) in [6, 6.07) is 9.70. The maximum absolute atomic E-state index is 12.5. The highest BCUT2D eigenvalue weighted by atomic mass is 16.5. The summed E-state index contributed by atoms with van der Waals surface area (Å²) in [4.78, 5) is 14.6. The number of carbonyl (C=O) groups is 1. The minimum absolute atomic E-state index is 0.194. The van der Waals surface area contributed by atoms with Crippen LogP contribution in [-0.4, -0.2) is 43.8 Å². The third-order valence-corrected chi connectivity index (χ3v) is 3.67. The van der Waals surface area contributed by atoms with Crippen LogP contribution in [0.2, 0.25) is 0 Å². The summed E-state index contributed by atoms with van der Waals surface area (Å²) in [5.41, 5.74) is 0.965. The highest BCUT2D eigenvalue weighted by Gasteiger charge is 2.31. The molecule has 2 atom stereocenters. The van der Waals surface area contributed by atoms with Crippen LogP contribution >= 0.6 is 0 Å². The summed E-state index contributed by atoms with van der Waals surface area (Å²) in [6.45, 7) is 7.77. The molecule has 0 aliphatic heterocycles. The summed E-state index contributed by atoms with van der Waals surface area (Å²) in [6.07, 6.45) is 0.965. The molecule has 21 heavy (non-hydrogen) atoms. The molecule has 0 heterocycles. The molecule has 4 nitrogen and oxygen atoms in total. The molecular formula is C17H27NO3. The maximum atomic E-state index is 12.5. The quantitative estimate of drug-likeness (QED) is 0.656. The van der Waals surface area contributed by atoms with E-state index in [1.165, 1.54) is 0 Å². The number of esters is 1. The smallest absolute Gasteiger partial charge is 0.328 e. The molecule has 0 saturated heterocycles. The van der Waals surface area contributed by atoms with Gasteiger partial charge in [-0.15, -0.1) is 0 Å². The van der Waals surface area contributed by atoms with Crippen molar-refractivity contribution in [3.05, 3.63) is 35.9 Å². The van der Waals surface area contributed by atoms with Crippen molar-refractivity contribution < 1.29 is 14.3 Å². The largest absolute Gasteiger partial charge is 0.465 e. The highest BCUT2D eigenvalue weighted by Crippen LogP contribution is 2.25. The van der Waals surface area contributed by atoms with E-state index in [0.717, 1.165) is 12.0 Å². The van der Waals surface area contributed by atoms with Crippen LogP contribution in [0.1, 0.15) is 38.8 Å². The SMILES string of the molecule is CCOC(=O)C(c1ccccc1)N(CCOC)C(C)CC. The minimum Gasteiger partial charge on any atom is -0.465 e. The number of carbonyl (C=O) groups excluding carboxylic acids is 1. The summed E-state index contributed by atoms with van der Waals surface area (Å²) in [5.74, 6) is -0.194. The number of methoxy groups -OCH3 is 1. The Morgan fingerprint density at radius 3 is 2.43 bits per heavy atom. The van der Waals surface area contributed by atoms with Crippen LogP contribution in [0.4, 0.5) is 0 Å². The van der Waals surface area contributed by atoms with E-state index < -0.39 is 0 Å². The minimum atomic E-state index is -0.378. The zero-order valence-corrected chi connectivity index (χ0v) is 13.5. The molecule has 0 aliphatic rings. The number of hydrogen-bond acceptors (Lipinski definition) is 4. The summed E-state index contributed by atoms with van der Waals surface area (Å²) in [5, 5.41) is 0. The second kappa shape index (κ2) is 9.53. The van der Waals surface area contributed by atoms with E-state index in [9.17, 15) is 4.79 Å². The number of nitrogens with zero attached hydrogens (tertiary/aromatic N) is 1. The van der Waals surface area contributed by atoms with E-state index in [2.05, 4.69) is 18.7 Å². The Kier molecular flexibility index (Phi) is 8.01. The van der Waals surface area contributed by atoms with Crippen molar-refractivity contribution in [3.8, 4) is 0 Å². The van der Waals surface area contributed by atoms with Crippen LogP contribution in [0.5, 0.6) is 0 Å². The van der Waals surface area contributed by atoms with Gasteiger partial charge in [0.15, 0.2) is 0 Å². The average Bonchev–Trinajstić information content (AvgIpc) is 2.51. The van der Waals surface area contributed by atoms with E-state index in [1.807, 2.05) is 37.3 Å². The van der Waals surface area contributed by atoms with Crippen molar-refractivity contribution in [3.63, 3.8) is 0 Å². The Labute approximate surface area is 128 Å². The van der Waals surface area contributed by atoms with E-state index in [-0.39, 0.29) is 18.1 Å². The third-order valence-electron chi connectivity index (χ3n) is 3.67. The Balaban J connectivity index is 3.08. The molecule has 1 rings (SSSR count). The number of hydrogen-bond donors (Lipinski definition) is 0. The van der Waals surface area contributed by atoms with Crippen LogP contribution in [-0.2, 0) is 14.3 Å². The fourth-order valence-corrected chi connectivity index (χ4v) is 2.35. The molecule has 1 aromatic carbocycles. The lowest BCUT2D eigenvalue weighted by atomic mass is 10.0. The van der Waals surface area contributed by atoms with Gasteiger partial charge in [0.05, 0.1) is 13.2 Å². The van der Waals surface area contributed by atoms with Crippen LogP contribution in [0.15, 0.2) is 30.3 Å². The first-order chi connectivity index (χ1) is 10.2. The van der Waals surface area contributed by atoms with Gasteiger partial charge in [-0.3, -0.25) is 4.90 Å². The van der Waals surface area contributed by atoms with Gasteiger partial charge in [0, 0.05) is 19.7 Å². The second-order valence-electron chi connectivity index (χ2n) is 5.05. The second-order valence-corrected chi connectivity index (χ2v) is 5.05. The first-order valence-electron chi connectivity index (χ1n) is 7.61. The van der Waals surface area contributed by atoms with Crippen molar-refractivity contribution in [1.29, 1.82) is 0 Å². The maximum Gasteiger partial charge on any atom is 0.328 e. The van der Waals surface area contributed by atoms with Crippen LogP contribution in [0.25, 0.3) is 0 Å². The Morgan fingerprint density at radius 2 is 1.90 bits per heavy atom. The van der Waals surface area contributed by atoms with Crippen molar-refractivity contribution in [1.82, 2.24) is 4.90 Å². The molecule has 0 bridgehead atoms. The van der Waals surface area contributed by atoms with Crippen molar-refractivity contribution in [2.24, 2.45) is 0 Å². The monoisotopic (exact) mass is 293 g/mol. The van der Waals surface area contributed by atoms with Crippen molar-refractivity contribution in [2.75, 3.05) is 26.9 Å². The molecule has 0 aliphatic carbocycles. The van der Waals surface area contributed by atoms with Gasteiger partial charge in [0.25, 0.3) is 0 Å². The van der Waals surface area contributed by atoms with Crippen molar-refractivity contribution >= 4 is 5.97 Å². The Morgan fingerprint density at radius 1 is 1.24 bits per heavy atom. The zero-order valence-electron chi connectivity index (χ0n) is 13.5. The molecule has 1 aromatic rings. The van der Waals surface area contributed by atoms with E-state index in [0.29, 0.717) is 19.8 Å². The lowest BCUT2D eigenvalue weighted by Gasteiger charge is -2.34. The van der Waals surface area contributed by atoms with Gasteiger partial charge < -0.3 is 9.47 Å². The molecule has 0 radical (unpaired) electrons. The predicted octanol–water partition coefficient (Wildman–Crippen LogP) is 3.04. The van der Waals surface area contributed by atoms with Crippen LogP contribution in [0, 0.1) is 0 Å². The van der Waals surface area contributed by atoms with E-state index in [1.54, 1.807) is 7.11 Å². The van der Waals surface area contributed by atoms with Gasteiger partial charge in [0.2, 0.25) is 0 Å². The van der Waals surface area contributed by atoms with E-state index in [4.69, 9.17) is 9.47 Å². The van der Waals surface area contributed by atoms with Gasteiger partial charge in [-0.25, -0.2) is 4.79 Å². The van der Waals surface area contributed by atoms with Gasteiger partial charge in [-0.1, -0.05) is 37.3 Å². The standard InChI is InChI=1S/C17H27NO3/c1-5-14(3)18(12-13-20-4)16(17(19)21-6-2)15-10-8-7-9-11-15/h7-11,14,16H,5-6,12-13H2,1-4H3. The summed E-state index contributed by atoms with van der Waals surface area (Å²) >= 11 is 0. The molecule has 0 saturated carbocycles. The molecule has 0 fully saturated rings. The topological polar surface area (TPSA) is 38.8 Å². The van der Waals surface area contributed by atoms with E-state index >= 15 is 0 Å². The fraction of sp³-hybridized carbons (Fsp3) is 0.588. The lowest BCUT2D eigenvalue weighted by Crippen LogP contribution is -2.42. The van der Waals surface area contributed by atoms with Crippen molar-refractivity contribution in [2.45, 2.75) is 39.3 Å². The van der Waals surface area contributed by atoms with Gasteiger partial charge >= 0.3 is 5.97 Å². The predicted molar refractivity (Wildman–Crippen MR) is 84.2 cm³/mol. The Bertz CT molecular complexity index is 408. The first kappa shape index (κ1) is 17.7. The number of benzene rings is 1. The number of ether oxygens (including phenoxy) is 2. The average molecular weight is 293 g/mol. The lowest BCUT2D eigenvalue weighted by molar-refractivity contribution is -0.151. The highest BCUT2D eigenvalue weighted by molar-refractivity contribution is 5.77.